The van der Waals surface area contributed by atoms with Crippen LogP contribution in [0, 0.1) is 0 Å². The van der Waals surface area contributed by atoms with E-state index in [1.807, 2.05) is 0 Å². The predicted molar refractivity (Wildman–Crippen MR) is 49.1 cm³/mol. The minimum atomic E-state index is -5.83. The molecule has 1 aromatic rings. The largest absolute Gasteiger partial charge is 0.462 e. The van der Waals surface area contributed by atoms with Gasteiger partial charge in [0, 0.05) is 13.2 Å². The van der Waals surface area contributed by atoms with Crippen LogP contribution in [0.5, 0.6) is 0 Å². The molecule has 0 aromatic carbocycles. The van der Waals surface area contributed by atoms with Crippen molar-refractivity contribution in [3.63, 3.8) is 0 Å². The van der Waals surface area contributed by atoms with Crippen molar-refractivity contribution in [2.24, 2.45) is 7.05 Å². The van der Waals surface area contributed by atoms with Crippen LogP contribution in [0.4, 0.5) is 22.0 Å². The second-order valence-electron chi connectivity index (χ2n) is 3.36. The Kier molecular flexibility index (Phi) is 3.63. The molecule has 4 nitrogen and oxygen atoms in total. The van der Waals surface area contributed by atoms with Gasteiger partial charge in [-0.1, -0.05) is 0 Å². The zero-order chi connectivity index (χ0) is 14.1. The fourth-order valence-electron chi connectivity index (χ4n) is 1.21. The number of alkyl halides is 5. The van der Waals surface area contributed by atoms with E-state index in [0.717, 1.165) is 13.2 Å². The van der Waals surface area contributed by atoms with Crippen molar-refractivity contribution in [1.82, 2.24) is 9.78 Å². The number of aromatic nitrogens is 2. The van der Waals surface area contributed by atoms with Crippen molar-refractivity contribution in [2.45, 2.75) is 19.0 Å². The molecular formula is C9H9F5N2O2. The van der Waals surface area contributed by atoms with Gasteiger partial charge in [0.15, 0.2) is 5.69 Å². The number of carbonyl (C=O) groups is 1. The number of hydrogen-bond acceptors (Lipinski definition) is 3. The summed E-state index contributed by atoms with van der Waals surface area (Å²) in [6.07, 6.45) is -5.07. The summed E-state index contributed by atoms with van der Waals surface area (Å²) in [7, 11) is 1.12. The number of rotatable bonds is 3. The van der Waals surface area contributed by atoms with Crippen LogP contribution in [0.1, 0.15) is 23.0 Å². The Bertz CT molecular complexity index is 452. The molecule has 0 unspecified atom stereocenters. The molecular weight excluding hydrogens is 263 g/mol. The summed E-state index contributed by atoms with van der Waals surface area (Å²) in [5.41, 5.74) is -2.56. The minimum Gasteiger partial charge on any atom is -0.462 e. The molecule has 9 heteroatoms. The molecule has 0 aliphatic rings. The van der Waals surface area contributed by atoms with Crippen LogP contribution >= 0.6 is 0 Å². The van der Waals surface area contributed by atoms with E-state index in [-0.39, 0.29) is 6.61 Å². The number of carbonyl (C=O) groups excluding carboxylic acids is 1. The fourth-order valence-corrected chi connectivity index (χ4v) is 1.21. The summed E-state index contributed by atoms with van der Waals surface area (Å²) in [5.74, 6) is -6.49. The van der Waals surface area contributed by atoms with Crippen molar-refractivity contribution in [2.75, 3.05) is 6.61 Å². The van der Waals surface area contributed by atoms with E-state index in [9.17, 15) is 26.7 Å². The maximum absolute atomic E-state index is 13.1. The van der Waals surface area contributed by atoms with Gasteiger partial charge in [0.05, 0.1) is 6.61 Å². The van der Waals surface area contributed by atoms with Crippen LogP contribution in [0.2, 0.25) is 0 Å². The van der Waals surface area contributed by atoms with Crippen molar-refractivity contribution in [1.29, 1.82) is 0 Å². The molecule has 0 N–H and O–H groups in total. The van der Waals surface area contributed by atoms with Crippen LogP contribution in [-0.4, -0.2) is 28.5 Å². The highest BCUT2D eigenvalue weighted by Crippen LogP contribution is 2.44. The summed E-state index contributed by atoms with van der Waals surface area (Å²) in [5, 5.41) is 3.00. The number of nitrogens with zero attached hydrogens (tertiary/aromatic N) is 2. The van der Waals surface area contributed by atoms with Gasteiger partial charge in [-0.05, 0) is 6.92 Å². The SMILES string of the molecule is CCOC(=O)c1cn(C)nc1C(F)(F)C(F)(F)F. The molecule has 0 radical (unpaired) electrons. The normalized spacial score (nSPS) is 12.6. The topological polar surface area (TPSA) is 44.1 Å². The van der Waals surface area contributed by atoms with Gasteiger partial charge >= 0.3 is 18.1 Å². The first-order valence-electron chi connectivity index (χ1n) is 4.77. The van der Waals surface area contributed by atoms with Crippen LogP contribution in [0.15, 0.2) is 6.20 Å². The fraction of sp³-hybridized carbons (Fsp3) is 0.556. The lowest BCUT2D eigenvalue weighted by Crippen LogP contribution is -2.35. The number of hydrogen-bond donors (Lipinski definition) is 0. The molecule has 0 saturated heterocycles. The summed E-state index contributed by atoms with van der Waals surface area (Å²) in [4.78, 5) is 11.3. The highest BCUT2D eigenvalue weighted by molar-refractivity contribution is 5.90. The third-order valence-electron chi connectivity index (χ3n) is 1.98. The second-order valence-corrected chi connectivity index (χ2v) is 3.36. The Labute approximate surface area is 98.3 Å². The van der Waals surface area contributed by atoms with Gasteiger partial charge in [0.1, 0.15) is 5.56 Å². The zero-order valence-corrected chi connectivity index (χ0v) is 9.39. The molecule has 0 spiro atoms. The molecule has 102 valence electrons. The third kappa shape index (κ3) is 2.44. The number of halogens is 5. The van der Waals surface area contributed by atoms with E-state index in [1.165, 1.54) is 6.92 Å². The molecule has 0 aliphatic carbocycles. The Morgan fingerprint density at radius 3 is 2.39 bits per heavy atom. The van der Waals surface area contributed by atoms with Crippen molar-refractivity contribution >= 4 is 5.97 Å². The Morgan fingerprint density at radius 2 is 1.94 bits per heavy atom. The average Bonchev–Trinajstić information content (AvgIpc) is 2.59. The monoisotopic (exact) mass is 272 g/mol. The first-order valence-corrected chi connectivity index (χ1v) is 4.77. The van der Waals surface area contributed by atoms with Gasteiger partial charge in [-0.15, -0.1) is 0 Å². The van der Waals surface area contributed by atoms with E-state index < -0.39 is 29.3 Å². The van der Waals surface area contributed by atoms with Gasteiger partial charge in [0.2, 0.25) is 0 Å². The molecule has 0 atom stereocenters. The van der Waals surface area contributed by atoms with Crippen LogP contribution in [0.25, 0.3) is 0 Å². The molecule has 0 bridgehead atoms. The van der Waals surface area contributed by atoms with Crippen molar-refractivity contribution < 1.29 is 31.5 Å². The van der Waals surface area contributed by atoms with E-state index >= 15 is 0 Å². The predicted octanol–water partition coefficient (Wildman–Crippen LogP) is 2.25. The standard InChI is InChI=1S/C9H9F5N2O2/c1-3-18-7(17)5-4-16(2)15-6(5)8(10,11)9(12,13)14/h4H,3H2,1-2H3. The van der Waals surface area contributed by atoms with Gasteiger partial charge in [-0.3, -0.25) is 4.68 Å². The summed E-state index contributed by atoms with van der Waals surface area (Å²) < 4.78 is 68.0. The highest BCUT2D eigenvalue weighted by atomic mass is 19.4. The smallest absolute Gasteiger partial charge is 0.459 e. The second kappa shape index (κ2) is 4.54. The van der Waals surface area contributed by atoms with E-state index in [4.69, 9.17) is 0 Å². The summed E-state index contributed by atoms with van der Waals surface area (Å²) in [6.45, 7) is 1.25. The lowest BCUT2D eigenvalue weighted by atomic mass is 10.1. The van der Waals surface area contributed by atoms with E-state index in [1.54, 1.807) is 0 Å². The van der Waals surface area contributed by atoms with Crippen molar-refractivity contribution in [3.05, 3.63) is 17.5 Å². The lowest BCUT2D eigenvalue weighted by molar-refractivity contribution is -0.291. The van der Waals surface area contributed by atoms with Crippen molar-refractivity contribution in [3.8, 4) is 0 Å². The molecule has 18 heavy (non-hydrogen) atoms. The number of esters is 1. The molecule has 0 amide bonds. The number of aryl methyl sites for hydroxylation is 1. The number of ether oxygens (including phenoxy) is 1. The van der Waals surface area contributed by atoms with Gasteiger partial charge < -0.3 is 4.74 Å². The first kappa shape index (κ1) is 14.4. The first-order chi connectivity index (χ1) is 8.11. The summed E-state index contributed by atoms with van der Waals surface area (Å²) in [6, 6.07) is 0. The lowest BCUT2D eigenvalue weighted by Gasteiger charge is -2.18. The quantitative estimate of drug-likeness (QED) is 0.626. The van der Waals surface area contributed by atoms with Crippen LogP contribution in [0.3, 0.4) is 0 Å². The maximum atomic E-state index is 13.1. The van der Waals surface area contributed by atoms with Crippen LogP contribution < -0.4 is 0 Å². The Hall–Kier alpha value is -1.67. The van der Waals surface area contributed by atoms with Gasteiger partial charge in [0.25, 0.3) is 0 Å². The highest BCUT2D eigenvalue weighted by Gasteiger charge is 2.62. The maximum Gasteiger partial charge on any atom is 0.459 e. The zero-order valence-electron chi connectivity index (χ0n) is 9.39. The molecule has 1 rings (SSSR count). The molecule has 1 aromatic heterocycles. The Balaban J connectivity index is 3.29. The van der Waals surface area contributed by atoms with Crippen LogP contribution in [-0.2, 0) is 17.7 Å². The van der Waals surface area contributed by atoms with E-state index in [0.29, 0.717) is 4.68 Å². The van der Waals surface area contributed by atoms with E-state index in [2.05, 4.69) is 9.84 Å². The molecule has 0 saturated carbocycles. The third-order valence-corrected chi connectivity index (χ3v) is 1.98. The molecule has 0 aliphatic heterocycles. The average molecular weight is 272 g/mol. The minimum absolute atomic E-state index is 0.148. The molecule has 0 fully saturated rings. The summed E-state index contributed by atoms with van der Waals surface area (Å²) >= 11 is 0. The van der Waals surface area contributed by atoms with Gasteiger partial charge in [-0.2, -0.15) is 27.1 Å². The Morgan fingerprint density at radius 1 is 1.39 bits per heavy atom. The van der Waals surface area contributed by atoms with Gasteiger partial charge in [-0.25, -0.2) is 4.79 Å². The molecule has 1 heterocycles.